The molecule has 0 N–H and O–H groups in total. The molecule has 0 saturated carbocycles. The summed E-state index contributed by atoms with van der Waals surface area (Å²) < 4.78 is 17.1. The summed E-state index contributed by atoms with van der Waals surface area (Å²) in [5.41, 5.74) is 4.96. The molecule has 2 aromatic carbocycles. The molecule has 35 heavy (non-hydrogen) atoms. The maximum Gasteiger partial charge on any atom is 0.227 e. The summed E-state index contributed by atoms with van der Waals surface area (Å²) in [6.45, 7) is 2.43. The number of fused-ring (bicyclic) bond motifs is 3. The highest BCUT2D eigenvalue weighted by molar-refractivity contribution is 6.03. The maximum absolute atomic E-state index is 15.2. The second-order valence-electron chi connectivity index (χ2n) is 8.49. The van der Waals surface area contributed by atoms with Crippen LogP contribution >= 0.6 is 0 Å². The molecule has 1 saturated heterocycles. The number of hydrogen-bond donors (Lipinski definition) is 0. The lowest BCUT2D eigenvalue weighted by molar-refractivity contribution is -0.117. The smallest absolute Gasteiger partial charge is 0.227 e. The molecule has 0 unspecified atom stereocenters. The molecule has 0 atom stereocenters. The van der Waals surface area contributed by atoms with Crippen molar-refractivity contribution in [3.05, 3.63) is 89.9 Å². The van der Waals surface area contributed by atoms with Gasteiger partial charge in [-0.3, -0.25) is 19.3 Å². The molecule has 7 heteroatoms. The van der Waals surface area contributed by atoms with Gasteiger partial charge in [0.15, 0.2) is 0 Å². The molecule has 6 nitrogen and oxygen atoms in total. The van der Waals surface area contributed by atoms with Crippen LogP contribution in [0.15, 0.2) is 67.1 Å². The van der Waals surface area contributed by atoms with E-state index in [0.29, 0.717) is 35.7 Å². The highest BCUT2D eigenvalue weighted by atomic mass is 19.1. The zero-order valence-corrected chi connectivity index (χ0v) is 19.0. The van der Waals surface area contributed by atoms with Gasteiger partial charge in [-0.05, 0) is 55.8 Å². The van der Waals surface area contributed by atoms with Crippen LogP contribution in [0.1, 0.15) is 29.8 Å². The van der Waals surface area contributed by atoms with Crippen molar-refractivity contribution in [2.75, 3.05) is 11.4 Å². The summed E-state index contributed by atoms with van der Waals surface area (Å²) in [5.74, 6) is 6.56. The predicted molar refractivity (Wildman–Crippen MR) is 133 cm³/mol. The lowest BCUT2D eigenvalue weighted by Gasteiger charge is -2.18. The lowest BCUT2D eigenvalue weighted by Crippen LogP contribution is -2.24. The highest BCUT2D eigenvalue weighted by Gasteiger charge is 2.25. The van der Waals surface area contributed by atoms with Gasteiger partial charge >= 0.3 is 0 Å². The zero-order chi connectivity index (χ0) is 23.9. The van der Waals surface area contributed by atoms with Gasteiger partial charge in [0.25, 0.3) is 0 Å². The van der Waals surface area contributed by atoms with Gasteiger partial charge in [0.1, 0.15) is 17.2 Å². The molecule has 0 bridgehead atoms. The van der Waals surface area contributed by atoms with E-state index in [0.717, 1.165) is 34.0 Å². The zero-order valence-electron chi connectivity index (χ0n) is 19.0. The first kappa shape index (κ1) is 21.0. The van der Waals surface area contributed by atoms with Crippen LogP contribution in [0.4, 0.5) is 10.1 Å². The van der Waals surface area contributed by atoms with Crippen LogP contribution in [-0.2, 0) is 4.79 Å². The molecule has 170 valence electrons. The number of benzene rings is 2. The van der Waals surface area contributed by atoms with E-state index in [2.05, 4.69) is 26.8 Å². The van der Waals surface area contributed by atoms with Gasteiger partial charge in [-0.15, -0.1) is 0 Å². The van der Waals surface area contributed by atoms with E-state index in [9.17, 15) is 4.79 Å². The molecule has 5 aromatic rings. The fraction of sp³-hybridized carbons (Fsp3) is 0.143. The van der Waals surface area contributed by atoms with E-state index >= 15 is 4.39 Å². The number of carbonyl (C=O) groups is 1. The maximum atomic E-state index is 15.2. The number of rotatable bonds is 2. The Balaban J connectivity index is 1.49. The first-order valence-electron chi connectivity index (χ1n) is 11.4. The van der Waals surface area contributed by atoms with Crippen LogP contribution in [0.5, 0.6) is 0 Å². The van der Waals surface area contributed by atoms with Gasteiger partial charge in [-0.1, -0.05) is 11.8 Å². The minimum atomic E-state index is -0.430. The van der Waals surface area contributed by atoms with E-state index in [1.165, 1.54) is 11.0 Å². The van der Waals surface area contributed by atoms with Gasteiger partial charge in [-0.25, -0.2) is 9.37 Å². The van der Waals surface area contributed by atoms with E-state index in [1.54, 1.807) is 24.7 Å². The molecule has 1 fully saturated rings. The minimum absolute atomic E-state index is 0.0436. The van der Waals surface area contributed by atoms with Crippen LogP contribution in [-0.4, -0.2) is 32.0 Å². The molecular formula is C28H20FN5O. The van der Waals surface area contributed by atoms with E-state index in [1.807, 2.05) is 47.9 Å². The fourth-order valence-electron chi connectivity index (χ4n) is 4.60. The number of aryl methyl sites for hydroxylation is 1. The van der Waals surface area contributed by atoms with Crippen molar-refractivity contribution in [2.45, 2.75) is 19.8 Å². The molecule has 4 heterocycles. The Bertz CT molecular complexity index is 1680. The van der Waals surface area contributed by atoms with Crippen molar-refractivity contribution in [3.63, 3.8) is 0 Å². The number of halogens is 1. The van der Waals surface area contributed by atoms with E-state index < -0.39 is 5.82 Å². The Morgan fingerprint density at radius 2 is 1.89 bits per heavy atom. The second kappa shape index (κ2) is 8.33. The lowest BCUT2D eigenvalue weighted by atomic mass is 10.1. The van der Waals surface area contributed by atoms with Crippen molar-refractivity contribution < 1.29 is 9.18 Å². The van der Waals surface area contributed by atoms with Crippen molar-refractivity contribution in [1.29, 1.82) is 0 Å². The Morgan fingerprint density at radius 1 is 1.00 bits per heavy atom. The van der Waals surface area contributed by atoms with Gasteiger partial charge in [0.05, 0.1) is 28.6 Å². The van der Waals surface area contributed by atoms with Gasteiger partial charge < -0.3 is 4.90 Å². The van der Waals surface area contributed by atoms with Crippen molar-refractivity contribution >= 4 is 33.5 Å². The average Bonchev–Trinajstić information content (AvgIpc) is 3.45. The van der Waals surface area contributed by atoms with Gasteiger partial charge in [0.2, 0.25) is 5.91 Å². The van der Waals surface area contributed by atoms with Crippen molar-refractivity contribution in [3.8, 4) is 17.5 Å². The number of carbonyl (C=O) groups excluding carboxylic acids is 1. The summed E-state index contributed by atoms with van der Waals surface area (Å²) in [4.78, 5) is 27.0. The van der Waals surface area contributed by atoms with Crippen LogP contribution in [0.3, 0.4) is 0 Å². The number of pyridine rings is 2. The molecule has 1 aliphatic heterocycles. The van der Waals surface area contributed by atoms with E-state index in [-0.39, 0.29) is 5.91 Å². The number of aromatic nitrogens is 4. The highest BCUT2D eigenvalue weighted by Crippen LogP contribution is 2.31. The SMILES string of the molecule is Cc1nc2cnc3ccc(C#Cc4cccnc4)cc3c2n1-c1ccc(N2CCCC2=O)c(F)c1. The van der Waals surface area contributed by atoms with Crippen LogP contribution < -0.4 is 4.90 Å². The summed E-state index contributed by atoms with van der Waals surface area (Å²) in [6, 6.07) is 14.6. The molecule has 3 aromatic heterocycles. The summed E-state index contributed by atoms with van der Waals surface area (Å²) in [5, 5.41) is 0.875. The van der Waals surface area contributed by atoms with Crippen LogP contribution in [0, 0.1) is 24.6 Å². The number of nitrogens with zero attached hydrogens (tertiary/aromatic N) is 5. The molecular weight excluding hydrogens is 441 g/mol. The van der Waals surface area contributed by atoms with Gasteiger partial charge in [0, 0.05) is 47.9 Å². The number of amides is 1. The Kier molecular flexibility index (Phi) is 5.00. The standard InChI is InChI=1S/C28H20FN5O/c1-18-32-25-17-31-24-10-8-19(6-7-20-4-2-12-30-16-20)14-22(24)28(25)34(18)21-9-11-26(23(29)15-21)33-13-3-5-27(33)35/h2,4,8-12,14-17H,3,5,13H2,1H3. The Morgan fingerprint density at radius 3 is 2.66 bits per heavy atom. The third kappa shape index (κ3) is 3.69. The first-order chi connectivity index (χ1) is 17.1. The van der Waals surface area contributed by atoms with Crippen molar-refractivity contribution in [2.24, 2.45) is 0 Å². The van der Waals surface area contributed by atoms with Gasteiger partial charge in [-0.2, -0.15) is 0 Å². The largest absolute Gasteiger partial charge is 0.310 e. The first-order valence-corrected chi connectivity index (χ1v) is 11.4. The predicted octanol–water partition coefficient (Wildman–Crippen LogP) is 4.94. The van der Waals surface area contributed by atoms with Crippen LogP contribution in [0.2, 0.25) is 0 Å². The summed E-state index contributed by atoms with van der Waals surface area (Å²) in [6.07, 6.45) is 6.37. The molecule has 1 aliphatic rings. The third-order valence-corrected chi connectivity index (χ3v) is 6.22. The molecule has 1 amide bonds. The van der Waals surface area contributed by atoms with Crippen molar-refractivity contribution in [1.82, 2.24) is 19.5 Å². The van der Waals surface area contributed by atoms with Crippen LogP contribution in [0.25, 0.3) is 27.6 Å². The molecule has 0 aliphatic carbocycles. The third-order valence-electron chi connectivity index (χ3n) is 6.22. The number of anilines is 1. The number of hydrogen-bond acceptors (Lipinski definition) is 4. The molecule has 6 rings (SSSR count). The molecule has 0 spiro atoms. The summed E-state index contributed by atoms with van der Waals surface area (Å²) >= 11 is 0. The minimum Gasteiger partial charge on any atom is -0.310 e. The quantitative estimate of drug-likeness (QED) is 0.349. The Labute approximate surface area is 201 Å². The monoisotopic (exact) mass is 461 g/mol. The topological polar surface area (TPSA) is 63.9 Å². The molecule has 0 radical (unpaired) electrons. The normalized spacial score (nSPS) is 13.4. The van der Waals surface area contributed by atoms with E-state index in [4.69, 9.17) is 0 Å². The number of imidazole rings is 1. The average molecular weight is 462 g/mol. The second-order valence-corrected chi connectivity index (χ2v) is 8.49. The Hall–Kier alpha value is -4.57. The fourth-order valence-corrected chi connectivity index (χ4v) is 4.60. The summed E-state index contributed by atoms with van der Waals surface area (Å²) in [7, 11) is 0.